The summed E-state index contributed by atoms with van der Waals surface area (Å²) in [6.45, 7) is 1.31. The smallest absolute Gasteiger partial charge is 0.305 e. The van der Waals surface area contributed by atoms with E-state index in [1.807, 2.05) is 0 Å². The van der Waals surface area contributed by atoms with Gasteiger partial charge in [-0.25, -0.2) is 0 Å². The number of nitrogens with zero attached hydrogens (tertiary/aromatic N) is 1. The zero-order chi connectivity index (χ0) is 12.3. The normalized spacial score (nSPS) is 9.62. The monoisotopic (exact) mass is 225 g/mol. The second-order valence-corrected chi connectivity index (χ2v) is 2.91. The number of hydrogen-bond acceptors (Lipinski definition) is 5. The molecule has 0 aliphatic carbocycles. The largest absolute Gasteiger partial charge is 0.426 e. The Balaban J connectivity index is 3.08. The molecule has 1 aromatic rings. The summed E-state index contributed by atoms with van der Waals surface area (Å²) in [4.78, 5) is 9.55. The van der Waals surface area contributed by atoms with Crippen LogP contribution in [0.4, 0.5) is 10.1 Å². The maximum absolute atomic E-state index is 13.0. The van der Waals surface area contributed by atoms with Crippen molar-refractivity contribution in [3.63, 3.8) is 0 Å². The Labute approximate surface area is 89.8 Å². The minimum absolute atomic E-state index is 0.0414. The van der Waals surface area contributed by atoms with Crippen LogP contribution in [0.15, 0.2) is 18.2 Å². The van der Waals surface area contributed by atoms with Crippen LogP contribution in [0.25, 0.3) is 0 Å². The van der Waals surface area contributed by atoms with Gasteiger partial charge in [-0.15, -0.1) is 0 Å². The van der Waals surface area contributed by atoms with Crippen LogP contribution >= 0.6 is 0 Å². The number of nitro benzene ring substituents is 1. The topological polar surface area (TPSA) is 100 Å². The summed E-state index contributed by atoms with van der Waals surface area (Å²) in [6, 6.07) is 2.94. The highest BCUT2D eigenvalue weighted by Crippen LogP contribution is 2.18. The molecule has 0 radical (unpaired) electrons. The fourth-order valence-electron chi connectivity index (χ4n) is 1.01. The van der Waals surface area contributed by atoms with Gasteiger partial charge in [0.05, 0.1) is 4.92 Å². The molecule has 0 fully saturated rings. The standard InChI is InChI=1S/C9H8FN3O3/c1-5(11)16-9(12)6-2-3-7(10)8(4-6)13(14)15/h2-4,11-12H,1H3. The lowest BCUT2D eigenvalue weighted by atomic mass is 10.2. The van der Waals surface area contributed by atoms with Crippen LogP contribution in [0.5, 0.6) is 0 Å². The van der Waals surface area contributed by atoms with Crippen molar-refractivity contribution in [3.8, 4) is 0 Å². The average molecular weight is 225 g/mol. The lowest BCUT2D eigenvalue weighted by Crippen LogP contribution is -2.09. The van der Waals surface area contributed by atoms with E-state index in [4.69, 9.17) is 10.8 Å². The molecule has 0 aliphatic heterocycles. The quantitative estimate of drug-likeness (QED) is 0.348. The Morgan fingerprint density at radius 3 is 2.62 bits per heavy atom. The average Bonchev–Trinajstić information content (AvgIpc) is 2.16. The van der Waals surface area contributed by atoms with E-state index in [0.29, 0.717) is 0 Å². The molecular weight excluding hydrogens is 217 g/mol. The van der Waals surface area contributed by atoms with Crippen molar-refractivity contribution in [2.45, 2.75) is 6.92 Å². The van der Waals surface area contributed by atoms with Gasteiger partial charge in [-0.2, -0.15) is 4.39 Å². The Hall–Kier alpha value is -2.31. The van der Waals surface area contributed by atoms with Crippen molar-refractivity contribution in [3.05, 3.63) is 39.7 Å². The van der Waals surface area contributed by atoms with Crippen LogP contribution < -0.4 is 0 Å². The second kappa shape index (κ2) is 4.47. The number of nitro groups is 1. The Morgan fingerprint density at radius 2 is 2.12 bits per heavy atom. The molecular formula is C9H8FN3O3. The molecule has 7 heteroatoms. The molecule has 16 heavy (non-hydrogen) atoms. The van der Waals surface area contributed by atoms with Crippen molar-refractivity contribution in [1.29, 1.82) is 10.8 Å². The summed E-state index contributed by atoms with van der Waals surface area (Å²) in [5, 5.41) is 24.8. The highest BCUT2D eigenvalue weighted by molar-refractivity contribution is 5.98. The van der Waals surface area contributed by atoms with E-state index in [2.05, 4.69) is 4.74 Å². The lowest BCUT2D eigenvalue weighted by Gasteiger charge is -2.04. The number of benzene rings is 1. The molecule has 0 amide bonds. The zero-order valence-electron chi connectivity index (χ0n) is 8.28. The molecule has 1 rings (SSSR count). The lowest BCUT2D eigenvalue weighted by molar-refractivity contribution is -0.387. The van der Waals surface area contributed by atoms with E-state index in [-0.39, 0.29) is 11.5 Å². The molecule has 0 heterocycles. The molecule has 0 bridgehead atoms. The van der Waals surface area contributed by atoms with Crippen molar-refractivity contribution in [2.75, 3.05) is 0 Å². The predicted molar refractivity (Wildman–Crippen MR) is 54.4 cm³/mol. The van der Waals surface area contributed by atoms with E-state index >= 15 is 0 Å². The number of rotatable bonds is 2. The highest BCUT2D eigenvalue weighted by Gasteiger charge is 2.16. The molecule has 0 aromatic heterocycles. The van der Waals surface area contributed by atoms with Crippen LogP contribution in [0.1, 0.15) is 12.5 Å². The first-order chi connectivity index (χ1) is 7.41. The molecule has 0 aliphatic rings. The van der Waals surface area contributed by atoms with E-state index in [1.165, 1.54) is 13.0 Å². The third-order valence-corrected chi connectivity index (χ3v) is 1.66. The molecule has 1 aromatic carbocycles. The maximum Gasteiger partial charge on any atom is 0.305 e. The van der Waals surface area contributed by atoms with Crippen LogP contribution in [-0.4, -0.2) is 16.7 Å². The number of hydrogen-bond donors (Lipinski definition) is 2. The first kappa shape index (κ1) is 11.8. The molecule has 0 spiro atoms. The van der Waals surface area contributed by atoms with Crippen molar-refractivity contribution in [2.24, 2.45) is 0 Å². The third-order valence-electron chi connectivity index (χ3n) is 1.66. The minimum atomic E-state index is -0.979. The molecule has 0 atom stereocenters. The first-order valence-electron chi connectivity index (χ1n) is 4.17. The van der Waals surface area contributed by atoms with Gasteiger partial charge in [0.15, 0.2) is 5.90 Å². The Morgan fingerprint density at radius 1 is 1.50 bits per heavy atom. The van der Waals surface area contributed by atoms with E-state index in [9.17, 15) is 14.5 Å². The van der Waals surface area contributed by atoms with Gasteiger partial charge < -0.3 is 4.74 Å². The number of ether oxygens (including phenoxy) is 1. The molecule has 6 nitrogen and oxygen atoms in total. The highest BCUT2D eigenvalue weighted by atomic mass is 19.1. The van der Waals surface area contributed by atoms with Gasteiger partial charge >= 0.3 is 5.69 Å². The van der Waals surface area contributed by atoms with Crippen LogP contribution in [0, 0.1) is 26.8 Å². The second-order valence-electron chi connectivity index (χ2n) is 2.91. The van der Waals surface area contributed by atoms with Gasteiger partial charge in [-0.05, 0) is 12.1 Å². The summed E-state index contributed by atoms with van der Waals surface area (Å²) in [5.74, 6) is -1.64. The third kappa shape index (κ3) is 2.59. The molecule has 0 unspecified atom stereocenters. The summed E-state index contributed by atoms with van der Waals surface area (Å²) in [5.41, 5.74) is -0.687. The number of nitrogens with one attached hydrogen (secondary N) is 2. The van der Waals surface area contributed by atoms with E-state index < -0.39 is 22.3 Å². The van der Waals surface area contributed by atoms with Gasteiger partial charge in [0.1, 0.15) is 0 Å². The van der Waals surface area contributed by atoms with Gasteiger partial charge in [0.25, 0.3) is 0 Å². The van der Waals surface area contributed by atoms with Gasteiger partial charge in [-0.3, -0.25) is 20.9 Å². The maximum atomic E-state index is 13.0. The van der Waals surface area contributed by atoms with Crippen LogP contribution in [-0.2, 0) is 4.74 Å². The summed E-state index contributed by atoms with van der Waals surface area (Å²) in [6.07, 6.45) is 0. The van der Waals surface area contributed by atoms with Gasteiger partial charge in [-0.1, -0.05) is 0 Å². The molecule has 2 N–H and O–H groups in total. The fourth-order valence-corrected chi connectivity index (χ4v) is 1.01. The van der Waals surface area contributed by atoms with Crippen molar-refractivity contribution >= 4 is 17.5 Å². The predicted octanol–water partition coefficient (Wildman–Crippen LogP) is 2.07. The first-order valence-corrected chi connectivity index (χ1v) is 4.17. The zero-order valence-corrected chi connectivity index (χ0v) is 8.28. The van der Waals surface area contributed by atoms with E-state index in [1.54, 1.807) is 0 Å². The van der Waals surface area contributed by atoms with Crippen molar-refractivity contribution in [1.82, 2.24) is 0 Å². The summed E-state index contributed by atoms with van der Waals surface area (Å²) in [7, 11) is 0. The summed E-state index contributed by atoms with van der Waals surface area (Å²) >= 11 is 0. The summed E-state index contributed by atoms with van der Waals surface area (Å²) < 4.78 is 17.6. The van der Waals surface area contributed by atoms with Gasteiger partial charge in [0, 0.05) is 18.6 Å². The SMILES string of the molecule is CC(=N)OC(=N)c1ccc(F)c([N+](=O)[O-])c1. The molecule has 0 saturated heterocycles. The Kier molecular flexibility index (Phi) is 3.29. The number of halogens is 1. The Bertz CT molecular complexity index is 473. The molecule has 0 saturated carbocycles. The minimum Gasteiger partial charge on any atom is -0.426 e. The van der Waals surface area contributed by atoms with Crippen LogP contribution in [0.3, 0.4) is 0 Å². The van der Waals surface area contributed by atoms with E-state index in [0.717, 1.165) is 12.1 Å². The molecule has 84 valence electrons. The van der Waals surface area contributed by atoms with Crippen LogP contribution in [0.2, 0.25) is 0 Å². The fraction of sp³-hybridized carbons (Fsp3) is 0.111. The van der Waals surface area contributed by atoms with Gasteiger partial charge in [0.2, 0.25) is 11.7 Å². The van der Waals surface area contributed by atoms with Crippen molar-refractivity contribution < 1.29 is 14.1 Å².